The molecule has 0 bridgehead atoms. The van der Waals surface area contributed by atoms with Gasteiger partial charge in [-0.3, -0.25) is 10.6 Å². The molecule has 0 aromatic heterocycles. The quantitative estimate of drug-likeness (QED) is 0.603. The third kappa shape index (κ3) is 2.42. The van der Waals surface area contributed by atoms with Gasteiger partial charge < -0.3 is 4.90 Å². The lowest BCUT2D eigenvalue weighted by atomic mass is 10.2. The average molecular weight is 183 g/mol. The molecular formula is C9H17N3O. The minimum Gasteiger partial charge on any atom is -0.340 e. The van der Waals surface area contributed by atoms with Crippen LogP contribution in [-0.2, 0) is 4.79 Å². The molecule has 1 aliphatic heterocycles. The van der Waals surface area contributed by atoms with Crippen molar-refractivity contribution in [1.29, 1.82) is 0 Å². The topological polar surface area (TPSA) is 49.6 Å². The van der Waals surface area contributed by atoms with Crippen LogP contribution in [0.5, 0.6) is 0 Å². The van der Waals surface area contributed by atoms with E-state index in [4.69, 9.17) is 5.84 Å². The second kappa shape index (κ2) is 3.64. The number of amides is 1. The van der Waals surface area contributed by atoms with Crippen molar-refractivity contribution in [3.05, 3.63) is 0 Å². The lowest BCUT2D eigenvalue weighted by Crippen LogP contribution is -2.51. The van der Waals surface area contributed by atoms with Crippen LogP contribution >= 0.6 is 0 Å². The molecule has 0 unspecified atom stereocenters. The monoisotopic (exact) mass is 183 g/mol. The molecule has 1 heterocycles. The molecule has 2 N–H and O–H groups in total. The van der Waals surface area contributed by atoms with Crippen LogP contribution in [0.4, 0.5) is 0 Å². The van der Waals surface area contributed by atoms with E-state index >= 15 is 0 Å². The summed E-state index contributed by atoms with van der Waals surface area (Å²) in [5, 5.41) is 1.78. The molecule has 4 nitrogen and oxygen atoms in total. The highest BCUT2D eigenvalue weighted by Crippen LogP contribution is 2.32. The zero-order chi connectivity index (χ0) is 9.26. The summed E-state index contributed by atoms with van der Waals surface area (Å²) in [4.78, 5) is 13.6. The summed E-state index contributed by atoms with van der Waals surface area (Å²) in [6, 6.07) is 0. The van der Waals surface area contributed by atoms with Crippen LogP contribution in [0.3, 0.4) is 0 Å². The molecule has 1 amide bonds. The van der Waals surface area contributed by atoms with Gasteiger partial charge in [-0.2, -0.15) is 0 Å². The molecule has 1 saturated heterocycles. The number of nitrogens with zero attached hydrogens (tertiary/aromatic N) is 2. The van der Waals surface area contributed by atoms with Gasteiger partial charge in [-0.25, -0.2) is 5.01 Å². The highest BCUT2D eigenvalue weighted by Gasteiger charge is 2.28. The van der Waals surface area contributed by atoms with Crippen LogP contribution in [-0.4, -0.2) is 42.0 Å². The van der Waals surface area contributed by atoms with Gasteiger partial charge in [0, 0.05) is 32.6 Å². The summed E-state index contributed by atoms with van der Waals surface area (Å²) in [6.07, 6.45) is 3.27. The number of hydrazine groups is 1. The fourth-order valence-electron chi connectivity index (χ4n) is 1.67. The molecular weight excluding hydrogens is 166 g/mol. The highest BCUT2D eigenvalue weighted by molar-refractivity contribution is 5.76. The number of hydrogen-bond acceptors (Lipinski definition) is 3. The van der Waals surface area contributed by atoms with Crippen LogP contribution in [0.1, 0.15) is 19.3 Å². The number of rotatable bonds is 2. The smallest absolute Gasteiger partial charge is 0.222 e. The van der Waals surface area contributed by atoms with E-state index in [2.05, 4.69) is 0 Å². The summed E-state index contributed by atoms with van der Waals surface area (Å²) in [5.74, 6) is 6.63. The van der Waals surface area contributed by atoms with Crippen molar-refractivity contribution in [2.24, 2.45) is 11.8 Å². The number of hydrogen-bond donors (Lipinski definition) is 1. The third-order valence-electron chi connectivity index (χ3n) is 2.83. The molecule has 13 heavy (non-hydrogen) atoms. The molecule has 2 fully saturated rings. The first-order valence-corrected chi connectivity index (χ1v) is 5.03. The predicted octanol–water partition coefficient (Wildman–Crippen LogP) is -0.196. The Bertz CT molecular complexity index is 195. The van der Waals surface area contributed by atoms with Gasteiger partial charge >= 0.3 is 0 Å². The Hall–Kier alpha value is -0.610. The van der Waals surface area contributed by atoms with Gasteiger partial charge in [0.25, 0.3) is 0 Å². The zero-order valence-electron chi connectivity index (χ0n) is 7.91. The van der Waals surface area contributed by atoms with Gasteiger partial charge in [0.2, 0.25) is 5.91 Å². The Morgan fingerprint density at radius 2 is 1.85 bits per heavy atom. The normalized spacial score (nSPS) is 24.8. The van der Waals surface area contributed by atoms with Crippen molar-refractivity contribution >= 4 is 5.91 Å². The van der Waals surface area contributed by atoms with Gasteiger partial charge in [-0.1, -0.05) is 0 Å². The van der Waals surface area contributed by atoms with Crippen LogP contribution in [0.25, 0.3) is 0 Å². The molecule has 1 saturated carbocycles. The van der Waals surface area contributed by atoms with Crippen LogP contribution < -0.4 is 5.84 Å². The molecule has 4 heteroatoms. The molecule has 0 spiro atoms. The van der Waals surface area contributed by atoms with Crippen LogP contribution in [0.2, 0.25) is 0 Å². The Labute approximate surface area is 78.6 Å². The first-order chi connectivity index (χ1) is 6.25. The molecule has 0 aromatic carbocycles. The van der Waals surface area contributed by atoms with Crippen LogP contribution in [0.15, 0.2) is 0 Å². The first kappa shape index (κ1) is 8.97. The fraction of sp³-hybridized carbons (Fsp3) is 0.889. The summed E-state index contributed by atoms with van der Waals surface area (Å²) in [5.41, 5.74) is 0. The van der Waals surface area contributed by atoms with Gasteiger partial charge in [0.1, 0.15) is 0 Å². The van der Waals surface area contributed by atoms with E-state index in [1.807, 2.05) is 4.90 Å². The summed E-state index contributed by atoms with van der Waals surface area (Å²) in [7, 11) is 0. The number of piperazine rings is 1. The van der Waals surface area contributed by atoms with Crippen molar-refractivity contribution in [3.8, 4) is 0 Å². The number of nitrogens with two attached hydrogens (primary N) is 1. The largest absolute Gasteiger partial charge is 0.340 e. The van der Waals surface area contributed by atoms with E-state index in [1.165, 1.54) is 12.8 Å². The summed E-state index contributed by atoms with van der Waals surface area (Å²) in [6.45, 7) is 3.25. The van der Waals surface area contributed by atoms with Crippen molar-refractivity contribution < 1.29 is 4.79 Å². The number of carbonyl (C=O) groups excluding carboxylic acids is 1. The highest BCUT2D eigenvalue weighted by atomic mass is 16.2. The average Bonchev–Trinajstić information content (AvgIpc) is 2.89. The molecule has 0 aromatic rings. The SMILES string of the molecule is NN1CCN(C(=O)CC2CC2)CC1. The Kier molecular flexibility index (Phi) is 2.51. The molecule has 0 atom stereocenters. The fourth-order valence-corrected chi connectivity index (χ4v) is 1.67. The van der Waals surface area contributed by atoms with E-state index in [1.54, 1.807) is 5.01 Å². The zero-order valence-corrected chi connectivity index (χ0v) is 7.91. The Morgan fingerprint density at radius 1 is 1.23 bits per heavy atom. The van der Waals surface area contributed by atoms with Gasteiger partial charge in [0.05, 0.1) is 0 Å². The van der Waals surface area contributed by atoms with Gasteiger partial charge in [0.15, 0.2) is 0 Å². The van der Waals surface area contributed by atoms with E-state index in [9.17, 15) is 4.79 Å². The third-order valence-corrected chi connectivity index (χ3v) is 2.83. The lowest BCUT2D eigenvalue weighted by molar-refractivity contribution is -0.133. The standard InChI is InChI=1S/C9H17N3O/c10-12-5-3-11(4-6-12)9(13)7-8-1-2-8/h8H,1-7,10H2. The van der Waals surface area contributed by atoms with Crippen molar-refractivity contribution in [2.45, 2.75) is 19.3 Å². The van der Waals surface area contributed by atoms with Gasteiger partial charge in [-0.15, -0.1) is 0 Å². The molecule has 74 valence electrons. The van der Waals surface area contributed by atoms with Crippen molar-refractivity contribution in [2.75, 3.05) is 26.2 Å². The molecule has 2 aliphatic rings. The summed E-state index contributed by atoms with van der Waals surface area (Å²) < 4.78 is 0. The Morgan fingerprint density at radius 3 is 2.38 bits per heavy atom. The first-order valence-electron chi connectivity index (χ1n) is 5.03. The maximum absolute atomic E-state index is 11.6. The van der Waals surface area contributed by atoms with E-state index in [0.29, 0.717) is 11.8 Å². The minimum atomic E-state index is 0.329. The van der Waals surface area contributed by atoms with E-state index in [-0.39, 0.29) is 0 Å². The molecule has 0 radical (unpaired) electrons. The van der Waals surface area contributed by atoms with E-state index < -0.39 is 0 Å². The maximum atomic E-state index is 11.6. The predicted molar refractivity (Wildman–Crippen MR) is 49.7 cm³/mol. The molecule has 2 rings (SSSR count). The number of carbonyl (C=O) groups is 1. The van der Waals surface area contributed by atoms with E-state index in [0.717, 1.165) is 32.6 Å². The second-order valence-electron chi connectivity index (χ2n) is 4.06. The van der Waals surface area contributed by atoms with Gasteiger partial charge in [-0.05, 0) is 18.8 Å². The second-order valence-corrected chi connectivity index (χ2v) is 4.06. The van der Waals surface area contributed by atoms with Crippen LogP contribution in [0, 0.1) is 5.92 Å². The maximum Gasteiger partial charge on any atom is 0.222 e. The molecule has 1 aliphatic carbocycles. The summed E-state index contributed by atoms with van der Waals surface area (Å²) >= 11 is 0. The van der Waals surface area contributed by atoms with Crippen molar-refractivity contribution in [3.63, 3.8) is 0 Å². The van der Waals surface area contributed by atoms with Crippen molar-refractivity contribution in [1.82, 2.24) is 9.91 Å². The minimum absolute atomic E-state index is 0.329. The Balaban J connectivity index is 1.75. The lowest BCUT2D eigenvalue weighted by Gasteiger charge is -2.32.